The van der Waals surface area contributed by atoms with E-state index >= 15 is 0 Å². The Morgan fingerprint density at radius 2 is 2.04 bits per heavy atom. The second-order valence-electron chi connectivity index (χ2n) is 5.63. The third-order valence-corrected chi connectivity index (χ3v) is 4.10. The van der Waals surface area contributed by atoms with Crippen LogP contribution in [0.4, 0.5) is 0 Å². The molecule has 0 aliphatic carbocycles. The van der Waals surface area contributed by atoms with Gasteiger partial charge in [0.25, 0.3) is 0 Å². The number of aromatic nitrogens is 1. The highest BCUT2D eigenvalue weighted by Crippen LogP contribution is 2.24. The number of hydrogen-bond donors (Lipinski definition) is 2. The molecule has 1 aromatic carbocycles. The first-order chi connectivity index (χ1) is 12.0. The highest BCUT2D eigenvalue weighted by molar-refractivity contribution is 14.0. The molecule has 8 heteroatoms. The topological polar surface area (TPSA) is 71.7 Å². The van der Waals surface area contributed by atoms with Crippen LogP contribution in [0.5, 0.6) is 5.75 Å². The van der Waals surface area contributed by atoms with E-state index in [2.05, 4.69) is 27.5 Å². The SMILES string of the molecule is CCC(CNC(=NC)NCc1nc(C)c(C)o1)Oc1ccccc1Cl.I. The van der Waals surface area contributed by atoms with E-state index < -0.39 is 0 Å². The van der Waals surface area contributed by atoms with Gasteiger partial charge in [-0.25, -0.2) is 4.98 Å². The Labute approximate surface area is 176 Å². The molecule has 0 aliphatic heterocycles. The summed E-state index contributed by atoms with van der Waals surface area (Å²) in [6, 6.07) is 7.47. The van der Waals surface area contributed by atoms with Gasteiger partial charge < -0.3 is 19.8 Å². The molecule has 0 aliphatic rings. The van der Waals surface area contributed by atoms with Gasteiger partial charge in [0.05, 0.1) is 23.8 Å². The minimum atomic E-state index is -0.0234. The molecule has 0 bridgehead atoms. The molecule has 0 fully saturated rings. The van der Waals surface area contributed by atoms with Crippen molar-refractivity contribution in [2.75, 3.05) is 13.6 Å². The van der Waals surface area contributed by atoms with E-state index in [0.717, 1.165) is 17.9 Å². The predicted molar refractivity (Wildman–Crippen MR) is 116 cm³/mol. The number of aliphatic imine (C=N–C) groups is 1. The van der Waals surface area contributed by atoms with Gasteiger partial charge in [-0.1, -0.05) is 30.7 Å². The Kier molecular flexibility index (Phi) is 9.79. The van der Waals surface area contributed by atoms with Crippen LogP contribution >= 0.6 is 35.6 Å². The number of aryl methyl sites for hydroxylation is 2. The molecule has 0 saturated carbocycles. The maximum atomic E-state index is 6.15. The molecular weight excluding hydrogens is 467 g/mol. The Morgan fingerprint density at radius 3 is 2.62 bits per heavy atom. The van der Waals surface area contributed by atoms with Crippen molar-refractivity contribution >= 4 is 41.5 Å². The van der Waals surface area contributed by atoms with Gasteiger partial charge in [-0.05, 0) is 32.4 Å². The zero-order valence-corrected chi connectivity index (χ0v) is 18.6. The minimum Gasteiger partial charge on any atom is -0.487 e. The van der Waals surface area contributed by atoms with Crippen LogP contribution in [0.25, 0.3) is 0 Å². The molecule has 1 aromatic heterocycles. The van der Waals surface area contributed by atoms with Gasteiger partial charge in [-0.2, -0.15) is 0 Å². The summed E-state index contributed by atoms with van der Waals surface area (Å²) < 4.78 is 11.5. The molecule has 1 unspecified atom stereocenters. The average Bonchev–Trinajstić information content (AvgIpc) is 2.93. The Hall–Kier alpha value is -1.48. The van der Waals surface area contributed by atoms with Crippen molar-refractivity contribution in [2.24, 2.45) is 4.99 Å². The summed E-state index contributed by atoms with van der Waals surface area (Å²) in [5.41, 5.74) is 0.902. The van der Waals surface area contributed by atoms with E-state index in [1.165, 1.54) is 0 Å². The van der Waals surface area contributed by atoms with Crippen LogP contribution in [0, 0.1) is 13.8 Å². The molecule has 2 rings (SSSR count). The number of oxazole rings is 1. The van der Waals surface area contributed by atoms with Crippen LogP contribution < -0.4 is 15.4 Å². The molecule has 0 saturated heterocycles. The fourth-order valence-corrected chi connectivity index (χ4v) is 2.37. The zero-order valence-electron chi connectivity index (χ0n) is 15.5. The molecule has 0 radical (unpaired) electrons. The summed E-state index contributed by atoms with van der Waals surface area (Å²) in [6.07, 6.45) is 0.817. The van der Waals surface area contributed by atoms with E-state index in [9.17, 15) is 0 Å². The van der Waals surface area contributed by atoms with Crippen LogP contribution in [-0.2, 0) is 6.54 Å². The molecule has 144 valence electrons. The zero-order chi connectivity index (χ0) is 18.2. The number of ether oxygens (including phenoxy) is 1. The lowest BCUT2D eigenvalue weighted by Crippen LogP contribution is -2.42. The molecule has 6 nitrogen and oxygen atoms in total. The number of para-hydroxylation sites is 1. The van der Waals surface area contributed by atoms with Crippen LogP contribution in [0.15, 0.2) is 33.7 Å². The molecule has 0 spiro atoms. The number of nitrogens with zero attached hydrogens (tertiary/aromatic N) is 2. The van der Waals surface area contributed by atoms with Crippen LogP contribution in [0.3, 0.4) is 0 Å². The van der Waals surface area contributed by atoms with Crippen molar-refractivity contribution in [3.63, 3.8) is 0 Å². The second kappa shape index (κ2) is 11.3. The van der Waals surface area contributed by atoms with Crippen molar-refractivity contribution in [1.82, 2.24) is 15.6 Å². The lowest BCUT2D eigenvalue weighted by atomic mass is 10.2. The van der Waals surface area contributed by atoms with Crippen molar-refractivity contribution in [1.29, 1.82) is 0 Å². The summed E-state index contributed by atoms with van der Waals surface area (Å²) in [6.45, 7) is 6.96. The first-order valence-electron chi connectivity index (χ1n) is 8.32. The largest absolute Gasteiger partial charge is 0.487 e. The number of halogens is 2. The van der Waals surface area contributed by atoms with E-state index in [4.69, 9.17) is 20.8 Å². The number of nitrogens with one attached hydrogen (secondary N) is 2. The summed E-state index contributed by atoms with van der Waals surface area (Å²) in [5.74, 6) is 2.82. The van der Waals surface area contributed by atoms with Gasteiger partial charge in [-0.15, -0.1) is 24.0 Å². The fourth-order valence-electron chi connectivity index (χ4n) is 2.19. The maximum absolute atomic E-state index is 6.15. The van der Waals surface area contributed by atoms with Crippen LogP contribution in [0.1, 0.15) is 30.7 Å². The van der Waals surface area contributed by atoms with Gasteiger partial charge in [-0.3, -0.25) is 4.99 Å². The second-order valence-corrected chi connectivity index (χ2v) is 6.04. The van der Waals surface area contributed by atoms with Gasteiger partial charge >= 0.3 is 0 Å². The van der Waals surface area contributed by atoms with Gasteiger partial charge in [0.2, 0.25) is 5.89 Å². The van der Waals surface area contributed by atoms with Crippen LogP contribution in [0.2, 0.25) is 5.02 Å². The van der Waals surface area contributed by atoms with Gasteiger partial charge in [0.1, 0.15) is 17.6 Å². The molecule has 26 heavy (non-hydrogen) atoms. The first-order valence-corrected chi connectivity index (χ1v) is 8.69. The molecule has 1 atom stereocenters. The van der Waals surface area contributed by atoms with Crippen molar-refractivity contribution in [2.45, 2.75) is 39.8 Å². The summed E-state index contributed by atoms with van der Waals surface area (Å²) in [7, 11) is 1.72. The number of guanidine groups is 1. The Balaban J connectivity index is 0.00000338. The van der Waals surface area contributed by atoms with Crippen molar-refractivity contribution in [3.8, 4) is 5.75 Å². The highest BCUT2D eigenvalue weighted by atomic mass is 127. The summed E-state index contributed by atoms with van der Waals surface area (Å²) >= 11 is 6.15. The highest BCUT2D eigenvalue weighted by Gasteiger charge is 2.12. The first kappa shape index (κ1) is 22.6. The van der Waals surface area contributed by atoms with Crippen molar-refractivity contribution < 1.29 is 9.15 Å². The number of rotatable bonds is 7. The Bertz CT molecular complexity index is 701. The lowest BCUT2D eigenvalue weighted by Gasteiger charge is -2.20. The standard InChI is InChI=1S/C18H25ClN4O2.HI/c1-5-14(25-16-9-7-6-8-15(16)19)10-21-18(20-4)22-11-17-23-12(2)13(3)24-17;/h6-9,14H,5,10-11H2,1-4H3,(H2,20,21,22);1H. The van der Waals surface area contributed by atoms with E-state index in [-0.39, 0.29) is 30.1 Å². The van der Waals surface area contributed by atoms with E-state index in [1.807, 2.05) is 38.1 Å². The lowest BCUT2D eigenvalue weighted by molar-refractivity contribution is 0.199. The average molecular weight is 493 g/mol. The summed E-state index contributed by atoms with van der Waals surface area (Å²) in [4.78, 5) is 8.55. The third kappa shape index (κ3) is 6.68. The monoisotopic (exact) mass is 492 g/mol. The molecule has 1 heterocycles. The fraction of sp³-hybridized carbons (Fsp3) is 0.444. The number of benzene rings is 1. The van der Waals surface area contributed by atoms with Gasteiger partial charge in [0, 0.05) is 7.05 Å². The van der Waals surface area contributed by atoms with E-state index in [1.54, 1.807) is 7.05 Å². The van der Waals surface area contributed by atoms with Crippen LogP contribution in [-0.4, -0.2) is 30.6 Å². The molecule has 2 aromatic rings. The minimum absolute atomic E-state index is 0. The molecule has 2 N–H and O–H groups in total. The van der Waals surface area contributed by atoms with Crippen molar-refractivity contribution in [3.05, 3.63) is 46.6 Å². The molecular formula is C18H26ClIN4O2. The number of hydrogen-bond acceptors (Lipinski definition) is 4. The Morgan fingerprint density at radius 1 is 1.31 bits per heavy atom. The maximum Gasteiger partial charge on any atom is 0.214 e. The summed E-state index contributed by atoms with van der Waals surface area (Å²) in [5, 5.41) is 7.04. The predicted octanol–water partition coefficient (Wildman–Crippen LogP) is 4.09. The molecule has 0 amide bonds. The smallest absolute Gasteiger partial charge is 0.214 e. The third-order valence-electron chi connectivity index (χ3n) is 3.79. The van der Waals surface area contributed by atoms with Gasteiger partial charge in [0.15, 0.2) is 5.96 Å². The normalized spacial score (nSPS) is 12.3. The quantitative estimate of drug-likeness (QED) is 0.346. The van der Waals surface area contributed by atoms with E-state index in [0.29, 0.717) is 35.7 Å².